The van der Waals surface area contributed by atoms with Crippen molar-refractivity contribution in [2.45, 2.75) is 30.7 Å². The normalized spacial score (nSPS) is 19.1. The molecular formula is C16H21NO6S. The summed E-state index contributed by atoms with van der Waals surface area (Å²) in [7, 11) is -2.16. The Morgan fingerprint density at radius 1 is 1.33 bits per heavy atom. The van der Waals surface area contributed by atoms with Gasteiger partial charge in [-0.3, -0.25) is 4.79 Å². The molecule has 1 fully saturated rings. The van der Waals surface area contributed by atoms with Gasteiger partial charge in [0.2, 0.25) is 5.91 Å². The van der Waals surface area contributed by atoms with Crippen LogP contribution in [0.4, 0.5) is 0 Å². The van der Waals surface area contributed by atoms with Gasteiger partial charge in [-0.05, 0) is 37.1 Å². The third kappa shape index (κ3) is 3.87. The molecule has 1 amide bonds. The summed E-state index contributed by atoms with van der Waals surface area (Å²) in [6, 6.07) is 5.09. The average Bonchev–Trinajstić information content (AvgIpc) is 3.03. The second-order valence-corrected chi connectivity index (χ2v) is 7.92. The van der Waals surface area contributed by atoms with E-state index < -0.39 is 33.7 Å². The van der Waals surface area contributed by atoms with Crippen LogP contribution in [0.1, 0.15) is 19.8 Å². The van der Waals surface area contributed by atoms with Gasteiger partial charge in [-0.25, -0.2) is 13.2 Å². The number of amides is 1. The van der Waals surface area contributed by atoms with Crippen molar-refractivity contribution >= 4 is 21.7 Å². The Labute approximate surface area is 141 Å². The van der Waals surface area contributed by atoms with Crippen LogP contribution in [0.3, 0.4) is 0 Å². The molecule has 132 valence electrons. The van der Waals surface area contributed by atoms with Gasteiger partial charge in [0.05, 0.1) is 17.8 Å². The molecule has 0 bridgehead atoms. The molecule has 1 saturated heterocycles. The van der Waals surface area contributed by atoms with Gasteiger partial charge in [-0.15, -0.1) is 0 Å². The van der Waals surface area contributed by atoms with Gasteiger partial charge >= 0.3 is 5.97 Å². The number of nitrogens with zero attached hydrogens (tertiary/aromatic N) is 1. The fourth-order valence-corrected chi connectivity index (χ4v) is 4.39. The largest absolute Gasteiger partial charge is 0.497 e. The minimum atomic E-state index is -3.65. The molecule has 0 radical (unpaired) electrons. The minimum Gasteiger partial charge on any atom is -0.497 e. The van der Waals surface area contributed by atoms with E-state index in [1.54, 1.807) is 12.1 Å². The Balaban J connectivity index is 2.10. The monoisotopic (exact) mass is 355 g/mol. The first-order valence-corrected chi connectivity index (χ1v) is 9.31. The first kappa shape index (κ1) is 18.3. The van der Waals surface area contributed by atoms with Crippen LogP contribution in [-0.4, -0.2) is 55.7 Å². The highest BCUT2D eigenvalue weighted by Crippen LogP contribution is 2.23. The second-order valence-electron chi connectivity index (χ2n) is 5.89. The van der Waals surface area contributed by atoms with Crippen LogP contribution in [0.25, 0.3) is 0 Å². The first-order valence-electron chi connectivity index (χ1n) is 7.66. The fourth-order valence-electron chi connectivity index (χ4n) is 2.85. The molecule has 0 aromatic heterocycles. The zero-order chi connectivity index (χ0) is 17.9. The molecule has 1 aliphatic heterocycles. The number of likely N-dealkylation sites (tertiary alicyclic amines) is 1. The fraction of sp³-hybridized carbons (Fsp3) is 0.500. The maximum Gasteiger partial charge on any atom is 0.326 e. The van der Waals surface area contributed by atoms with Crippen molar-refractivity contribution in [1.29, 1.82) is 0 Å². The lowest BCUT2D eigenvalue weighted by atomic mass is 10.1. The third-order valence-electron chi connectivity index (χ3n) is 4.13. The van der Waals surface area contributed by atoms with E-state index >= 15 is 0 Å². The van der Waals surface area contributed by atoms with Crippen molar-refractivity contribution in [1.82, 2.24) is 4.90 Å². The SMILES string of the molecule is COc1ccc(S(=O)(=O)CC(C)C(=O)N2CCC[C@@H]2C(=O)O)cc1. The number of carboxylic acids is 1. The Morgan fingerprint density at radius 3 is 2.50 bits per heavy atom. The highest BCUT2D eigenvalue weighted by atomic mass is 32.2. The number of aliphatic carboxylic acids is 1. The van der Waals surface area contributed by atoms with Gasteiger partial charge in [0.25, 0.3) is 0 Å². The van der Waals surface area contributed by atoms with Crippen molar-refractivity contribution in [2.75, 3.05) is 19.4 Å². The summed E-state index contributed by atoms with van der Waals surface area (Å²) in [6.07, 6.45) is 1.01. The number of hydrogen-bond donors (Lipinski definition) is 1. The summed E-state index contributed by atoms with van der Waals surface area (Å²) in [5.41, 5.74) is 0. The van der Waals surface area contributed by atoms with Gasteiger partial charge in [0.1, 0.15) is 11.8 Å². The van der Waals surface area contributed by atoms with Crippen molar-refractivity contribution < 1.29 is 27.9 Å². The third-order valence-corrected chi connectivity index (χ3v) is 6.06. The van der Waals surface area contributed by atoms with Crippen molar-refractivity contribution in [2.24, 2.45) is 5.92 Å². The maximum absolute atomic E-state index is 12.4. The van der Waals surface area contributed by atoms with Gasteiger partial charge in [-0.1, -0.05) is 6.92 Å². The number of rotatable bonds is 6. The van der Waals surface area contributed by atoms with Crippen molar-refractivity contribution in [3.05, 3.63) is 24.3 Å². The van der Waals surface area contributed by atoms with Crippen molar-refractivity contribution in [3.63, 3.8) is 0 Å². The van der Waals surface area contributed by atoms with E-state index in [-0.39, 0.29) is 10.6 Å². The summed E-state index contributed by atoms with van der Waals surface area (Å²) in [4.78, 5) is 25.0. The topological polar surface area (TPSA) is 101 Å². The molecule has 24 heavy (non-hydrogen) atoms. The van der Waals surface area contributed by atoms with Gasteiger partial charge in [0.15, 0.2) is 9.84 Å². The van der Waals surface area contributed by atoms with E-state index in [4.69, 9.17) is 9.84 Å². The first-order chi connectivity index (χ1) is 11.3. The molecule has 0 saturated carbocycles. The van der Waals surface area contributed by atoms with Crippen LogP contribution in [-0.2, 0) is 19.4 Å². The Morgan fingerprint density at radius 2 is 1.96 bits per heavy atom. The van der Waals surface area contributed by atoms with Crippen LogP contribution in [0.15, 0.2) is 29.2 Å². The average molecular weight is 355 g/mol. The van der Waals surface area contributed by atoms with E-state index in [1.807, 2.05) is 0 Å². The molecule has 2 atom stereocenters. The molecule has 8 heteroatoms. The summed E-state index contributed by atoms with van der Waals surface area (Å²) in [6.45, 7) is 1.86. The summed E-state index contributed by atoms with van der Waals surface area (Å²) < 4.78 is 29.9. The maximum atomic E-state index is 12.4. The quantitative estimate of drug-likeness (QED) is 0.822. The molecule has 0 spiro atoms. The molecule has 0 aliphatic carbocycles. The van der Waals surface area contributed by atoms with Crippen LogP contribution >= 0.6 is 0 Å². The van der Waals surface area contributed by atoms with Gasteiger partial charge < -0.3 is 14.7 Å². The molecule has 1 aromatic rings. The summed E-state index contributed by atoms with van der Waals surface area (Å²) in [5, 5.41) is 9.15. The molecule has 1 heterocycles. The van der Waals surface area contributed by atoms with Gasteiger partial charge in [-0.2, -0.15) is 0 Å². The highest BCUT2D eigenvalue weighted by Gasteiger charge is 2.37. The Kier molecular flexibility index (Phi) is 5.48. The highest BCUT2D eigenvalue weighted by molar-refractivity contribution is 7.91. The van der Waals surface area contributed by atoms with Crippen LogP contribution < -0.4 is 4.74 Å². The molecule has 7 nitrogen and oxygen atoms in total. The van der Waals surface area contributed by atoms with Crippen LogP contribution in [0.2, 0.25) is 0 Å². The Bertz CT molecular complexity index is 713. The van der Waals surface area contributed by atoms with Crippen LogP contribution in [0, 0.1) is 5.92 Å². The smallest absolute Gasteiger partial charge is 0.326 e. The predicted molar refractivity (Wildman–Crippen MR) is 86.6 cm³/mol. The van der Waals surface area contributed by atoms with E-state index in [2.05, 4.69) is 0 Å². The molecule has 1 aliphatic rings. The van der Waals surface area contributed by atoms with Crippen molar-refractivity contribution in [3.8, 4) is 5.75 Å². The van der Waals surface area contributed by atoms with E-state index in [0.717, 1.165) is 0 Å². The minimum absolute atomic E-state index is 0.110. The summed E-state index contributed by atoms with van der Waals surface area (Å²) >= 11 is 0. The Hall–Kier alpha value is -2.09. The zero-order valence-corrected chi connectivity index (χ0v) is 14.5. The van der Waals surface area contributed by atoms with E-state index in [9.17, 15) is 18.0 Å². The number of benzene rings is 1. The lowest BCUT2D eigenvalue weighted by molar-refractivity contribution is -0.149. The lowest BCUT2D eigenvalue weighted by Crippen LogP contribution is -2.44. The second kappa shape index (κ2) is 7.21. The number of carbonyl (C=O) groups excluding carboxylic acids is 1. The number of carbonyl (C=O) groups is 2. The number of ether oxygens (including phenoxy) is 1. The molecule has 1 aromatic carbocycles. The molecule has 1 unspecified atom stereocenters. The lowest BCUT2D eigenvalue weighted by Gasteiger charge is -2.24. The molecule has 1 N–H and O–H groups in total. The zero-order valence-electron chi connectivity index (χ0n) is 13.6. The van der Waals surface area contributed by atoms with Gasteiger partial charge in [0, 0.05) is 12.5 Å². The number of methoxy groups -OCH3 is 1. The number of sulfone groups is 1. The summed E-state index contributed by atoms with van der Waals surface area (Å²) in [5.74, 6) is -2.11. The molecular weight excluding hydrogens is 334 g/mol. The standard InChI is InChI=1S/C16H21NO6S/c1-11(15(18)17-9-3-4-14(17)16(19)20)10-24(21,22)13-7-5-12(23-2)6-8-13/h5-8,11,14H,3-4,9-10H2,1-2H3,(H,19,20)/t11?,14-/m1/s1. The predicted octanol–water partition coefficient (Wildman–Crippen LogP) is 1.18. The molecule has 2 rings (SSSR count). The van der Waals surface area contributed by atoms with E-state index in [1.165, 1.54) is 31.1 Å². The number of hydrogen-bond acceptors (Lipinski definition) is 5. The van der Waals surface area contributed by atoms with E-state index in [0.29, 0.717) is 25.1 Å². The van der Waals surface area contributed by atoms with Crippen LogP contribution in [0.5, 0.6) is 5.75 Å². The number of carboxylic acid groups (broad SMARTS) is 1.